The zero-order valence-electron chi connectivity index (χ0n) is 9.36. The number of methoxy groups -OCH3 is 1. The summed E-state index contributed by atoms with van der Waals surface area (Å²) in [5.41, 5.74) is 0.616. The number of carbonyl (C=O) groups is 1. The minimum atomic E-state index is -0.551. The molecule has 5 heteroatoms. The van der Waals surface area contributed by atoms with E-state index in [9.17, 15) is 9.18 Å². The number of halogens is 1. The van der Waals surface area contributed by atoms with Crippen LogP contribution >= 0.6 is 11.3 Å². The number of ketones is 1. The molecule has 0 aliphatic heterocycles. The molecule has 2 aromatic rings. The van der Waals surface area contributed by atoms with Crippen LogP contribution in [0.2, 0.25) is 0 Å². The van der Waals surface area contributed by atoms with Gasteiger partial charge >= 0.3 is 0 Å². The molecule has 0 unspecified atom stereocenters. The van der Waals surface area contributed by atoms with Gasteiger partial charge in [0.15, 0.2) is 11.6 Å². The largest absolute Gasteiger partial charge is 0.494 e. The Morgan fingerprint density at radius 3 is 2.76 bits per heavy atom. The molecule has 0 aliphatic carbocycles. The predicted molar refractivity (Wildman–Crippen MR) is 63.2 cm³/mol. The lowest BCUT2D eigenvalue weighted by molar-refractivity contribution is 0.103. The fourth-order valence-electron chi connectivity index (χ4n) is 1.42. The second kappa shape index (κ2) is 4.63. The lowest BCUT2D eigenvalue weighted by Crippen LogP contribution is -2.03. The highest BCUT2D eigenvalue weighted by Crippen LogP contribution is 2.20. The average Bonchev–Trinajstić information content (AvgIpc) is 2.75. The quantitative estimate of drug-likeness (QED) is 0.787. The Hall–Kier alpha value is -1.75. The van der Waals surface area contributed by atoms with Crippen LogP contribution in [0.3, 0.4) is 0 Å². The zero-order chi connectivity index (χ0) is 12.4. The van der Waals surface area contributed by atoms with Crippen LogP contribution in [0.1, 0.15) is 21.1 Å². The van der Waals surface area contributed by atoms with Gasteiger partial charge < -0.3 is 4.74 Å². The van der Waals surface area contributed by atoms with Gasteiger partial charge in [-0.15, -0.1) is 11.3 Å². The number of ether oxygens (including phenoxy) is 1. The molecule has 17 heavy (non-hydrogen) atoms. The first-order chi connectivity index (χ1) is 8.11. The van der Waals surface area contributed by atoms with Crippen molar-refractivity contribution >= 4 is 17.1 Å². The lowest BCUT2D eigenvalue weighted by atomic mass is 10.1. The fraction of sp³-hybridized carbons (Fsp3) is 0.167. The van der Waals surface area contributed by atoms with Gasteiger partial charge in [0.05, 0.1) is 12.1 Å². The average molecular weight is 251 g/mol. The molecule has 1 heterocycles. The molecule has 1 aromatic heterocycles. The number of rotatable bonds is 3. The Labute approximate surface area is 102 Å². The van der Waals surface area contributed by atoms with Gasteiger partial charge in [-0.3, -0.25) is 4.79 Å². The van der Waals surface area contributed by atoms with E-state index in [1.807, 2.05) is 6.92 Å². The Bertz CT molecular complexity index is 565. The summed E-state index contributed by atoms with van der Waals surface area (Å²) in [5, 5.41) is 2.47. The van der Waals surface area contributed by atoms with Crippen molar-refractivity contribution < 1.29 is 13.9 Å². The minimum Gasteiger partial charge on any atom is -0.494 e. The molecule has 0 radical (unpaired) electrons. The summed E-state index contributed by atoms with van der Waals surface area (Å²) in [4.78, 5) is 16.0. The van der Waals surface area contributed by atoms with Crippen LogP contribution in [0.15, 0.2) is 23.6 Å². The van der Waals surface area contributed by atoms with Crippen molar-refractivity contribution in [2.75, 3.05) is 7.11 Å². The van der Waals surface area contributed by atoms with Crippen LogP contribution in [0.25, 0.3) is 0 Å². The first-order valence-electron chi connectivity index (χ1n) is 4.92. The van der Waals surface area contributed by atoms with Crippen LogP contribution in [0.4, 0.5) is 4.39 Å². The smallest absolute Gasteiger partial charge is 0.212 e. The van der Waals surface area contributed by atoms with Gasteiger partial charge in [-0.05, 0) is 25.1 Å². The van der Waals surface area contributed by atoms with Crippen molar-refractivity contribution in [2.45, 2.75) is 6.92 Å². The van der Waals surface area contributed by atoms with Gasteiger partial charge in [0.2, 0.25) is 5.78 Å². The summed E-state index contributed by atoms with van der Waals surface area (Å²) >= 11 is 1.39. The maximum Gasteiger partial charge on any atom is 0.212 e. The van der Waals surface area contributed by atoms with Crippen LogP contribution < -0.4 is 4.74 Å². The van der Waals surface area contributed by atoms with E-state index in [-0.39, 0.29) is 17.1 Å². The van der Waals surface area contributed by atoms with Crippen molar-refractivity contribution in [3.63, 3.8) is 0 Å². The highest BCUT2D eigenvalue weighted by atomic mass is 32.1. The predicted octanol–water partition coefficient (Wildman–Crippen LogP) is 2.83. The van der Waals surface area contributed by atoms with Crippen LogP contribution in [0, 0.1) is 12.7 Å². The molecule has 0 amide bonds. The molecular weight excluding hydrogens is 241 g/mol. The van der Waals surface area contributed by atoms with Crippen molar-refractivity contribution in [1.82, 2.24) is 4.98 Å². The van der Waals surface area contributed by atoms with Crippen molar-refractivity contribution in [3.05, 3.63) is 45.7 Å². The molecule has 0 aliphatic rings. The first kappa shape index (κ1) is 11.7. The molecule has 0 spiro atoms. The van der Waals surface area contributed by atoms with Crippen LogP contribution in [0.5, 0.6) is 5.75 Å². The Morgan fingerprint density at radius 1 is 1.47 bits per heavy atom. The van der Waals surface area contributed by atoms with E-state index < -0.39 is 5.82 Å². The number of carbonyl (C=O) groups excluding carboxylic acids is 1. The van der Waals surface area contributed by atoms with E-state index in [0.29, 0.717) is 5.69 Å². The monoisotopic (exact) mass is 251 g/mol. The second-order valence-electron chi connectivity index (χ2n) is 3.43. The molecule has 0 bridgehead atoms. The third-order valence-electron chi connectivity index (χ3n) is 2.27. The molecule has 0 N–H and O–H groups in total. The summed E-state index contributed by atoms with van der Waals surface area (Å²) in [6.07, 6.45) is 0. The van der Waals surface area contributed by atoms with E-state index >= 15 is 0 Å². The number of hydrogen-bond donors (Lipinski definition) is 0. The van der Waals surface area contributed by atoms with Crippen molar-refractivity contribution in [2.24, 2.45) is 0 Å². The molecule has 3 nitrogen and oxygen atoms in total. The standard InChI is InChI=1S/C12H10FNO2S/c1-7-14-10(6-17-7)12(15)8-3-4-11(16-2)9(13)5-8/h3-6H,1-2H3. The minimum absolute atomic E-state index is 0.121. The summed E-state index contributed by atoms with van der Waals surface area (Å²) in [5.74, 6) is -0.711. The van der Waals surface area contributed by atoms with Gasteiger partial charge in [0, 0.05) is 10.9 Å². The maximum atomic E-state index is 13.4. The molecule has 0 atom stereocenters. The number of nitrogens with zero attached hydrogens (tertiary/aromatic N) is 1. The number of aryl methyl sites for hydroxylation is 1. The number of hydrogen-bond acceptors (Lipinski definition) is 4. The molecule has 0 saturated heterocycles. The maximum absolute atomic E-state index is 13.4. The fourth-order valence-corrected chi connectivity index (χ4v) is 2.02. The molecule has 0 saturated carbocycles. The van der Waals surface area contributed by atoms with E-state index in [0.717, 1.165) is 11.1 Å². The Kier molecular flexibility index (Phi) is 3.19. The summed E-state index contributed by atoms with van der Waals surface area (Å²) in [6.45, 7) is 1.82. The number of thiazole rings is 1. The van der Waals surface area contributed by atoms with E-state index in [1.54, 1.807) is 5.38 Å². The second-order valence-corrected chi connectivity index (χ2v) is 4.49. The topological polar surface area (TPSA) is 39.2 Å². The summed E-state index contributed by atoms with van der Waals surface area (Å²) in [7, 11) is 1.38. The number of aromatic nitrogens is 1. The van der Waals surface area contributed by atoms with E-state index in [1.165, 1.54) is 30.6 Å². The summed E-state index contributed by atoms with van der Waals surface area (Å²) < 4.78 is 18.2. The molecule has 1 aromatic carbocycles. The van der Waals surface area contributed by atoms with E-state index in [2.05, 4.69) is 4.98 Å². The Balaban J connectivity index is 2.35. The normalized spacial score (nSPS) is 10.3. The van der Waals surface area contributed by atoms with Gasteiger partial charge in [0.25, 0.3) is 0 Å². The molecular formula is C12H10FNO2S. The SMILES string of the molecule is COc1ccc(C(=O)c2csc(C)n2)cc1F. The lowest BCUT2D eigenvalue weighted by Gasteiger charge is -2.03. The Morgan fingerprint density at radius 2 is 2.24 bits per heavy atom. The van der Waals surface area contributed by atoms with Gasteiger partial charge in [0.1, 0.15) is 5.69 Å². The molecule has 2 rings (SSSR count). The van der Waals surface area contributed by atoms with Gasteiger partial charge in [-0.2, -0.15) is 0 Å². The summed E-state index contributed by atoms with van der Waals surface area (Å²) in [6, 6.07) is 4.12. The van der Waals surface area contributed by atoms with Crippen LogP contribution in [-0.4, -0.2) is 17.9 Å². The number of benzene rings is 1. The van der Waals surface area contributed by atoms with Gasteiger partial charge in [-0.25, -0.2) is 9.37 Å². The van der Waals surface area contributed by atoms with Gasteiger partial charge in [-0.1, -0.05) is 0 Å². The van der Waals surface area contributed by atoms with Crippen LogP contribution in [-0.2, 0) is 0 Å². The highest BCUT2D eigenvalue weighted by Gasteiger charge is 2.14. The molecule has 0 fully saturated rings. The van der Waals surface area contributed by atoms with Crippen molar-refractivity contribution in [3.8, 4) is 5.75 Å². The zero-order valence-corrected chi connectivity index (χ0v) is 10.2. The molecule has 88 valence electrons. The van der Waals surface area contributed by atoms with E-state index in [4.69, 9.17) is 4.74 Å². The third kappa shape index (κ3) is 2.34. The first-order valence-corrected chi connectivity index (χ1v) is 5.80. The van der Waals surface area contributed by atoms with Crippen molar-refractivity contribution in [1.29, 1.82) is 0 Å². The highest BCUT2D eigenvalue weighted by molar-refractivity contribution is 7.09. The third-order valence-corrected chi connectivity index (χ3v) is 3.04.